The lowest BCUT2D eigenvalue weighted by Gasteiger charge is -2.08. The van der Waals surface area contributed by atoms with Gasteiger partial charge in [0, 0.05) is 10.7 Å². The summed E-state index contributed by atoms with van der Waals surface area (Å²) < 4.78 is 0. The van der Waals surface area contributed by atoms with E-state index in [1.54, 1.807) is 30.3 Å². The summed E-state index contributed by atoms with van der Waals surface area (Å²) in [7, 11) is 0. The van der Waals surface area contributed by atoms with E-state index in [0.717, 1.165) is 5.56 Å². The van der Waals surface area contributed by atoms with Gasteiger partial charge in [-0.25, -0.2) is 0 Å². The number of carbonyl (C=O) groups is 1. The average molecular weight is 313 g/mol. The molecule has 22 heavy (non-hydrogen) atoms. The van der Waals surface area contributed by atoms with Crippen molar-refractivity contribution in [1.82, 2.24) is 0 Å². The Morgan fingerprint density at radius 3 is 2.77 bits per heavy atom. The maximum Gasteiger partial charge on any atom is 0.266 e. The van der Waals surface area contributed by atoms with E-state index in [9.17, 15) is 9.90 Å². The molecule has 0 bridgehead atoms. The van der Waals surface area contributed by atoms with E-state index >= 15 is 0 Å². The molecule has 2 N–H and O–H groups in total. The first kappa shape index (κ1) is 15.6. The van der Waals surface area contributed by atoms with Gasteiger partial charge < -0.3 is 10.4 Å². The van der Waals surface area contributed by atoms with Crippen LogP contribution in [0.15, 0.2) is 48.0 Å². The Hall–Kier alpha value is -2.77. The minimum Gasteiger partial charge on any atom is -0.508 e. The van der Waals surface area contributed by atoms with Crippen molar-refractivity contribution in [3.05, 3.63) is 64.2 Å². The number of nitrogens with one attached hydrogen (secondary N) is 1. The minimum atomic E-state index is -0.531. The van der Waals surface area contributed by atoms with Crippen molar-refractivity contribution < 1.29 is 9.90 Å². The molecule has 0 spiro atoms. The van der Waals surface area contributed by atoms with Crippen LogP contribution in [0.2, 0.25) is 5.02 Å². The van der Waals surface area contributed by atoms with Gasteiger partial charge in [0.2, 0.25) is 0 Å². The van der Waals surface area contributed by atoms with E-state index in [1.807, 2.05) is 13.0 Å². The fraction of sp³-hybridized carbons (Fsp3) is 0.0588. The Balaban J connectivity index is 2.26. The van der Waals surface area contributed by atoms with E-state index < -0.39 is 5.91 Å². The second-order valence-corrected chi connectivity index (χ2v) is 5.11. The van der Waals surface area contributed by atoms with Gasteiger partial charge in [-0.15, -0.1) is 0 Å². The van der Waals surface area contributed by atoms with Crippen LogP contribution in [-0.2, 0) is 4.79 Å². The van der Waals surface area contributed by atoms with Crippen LogP contribution in [-0.4, -0.2) is 11.0 Å². The van der Waals surface area contributed by atoms with Gasteiger partial charge in [-0.05, 0) is 48.4 Å². The molecule has 0 saturated carbocycles. The molecule has 110 valence electrons. The number of phenols is 1. The van der Waals surface area contributed by atoms with Crippen molar-refractivity contribution in [3.8, 4) is 11.8 Å². The highest BCUT2D eigenvalue weighted by Crippen LogP contribution is 2.21. The number of nitrogens with zero attached hydrogens (tertiary/aromatic N) is 1. The zero-order chi connectivity index (χ0) is 16.1. The third kappa shape index (κ3) is 3.87. The van der Waals surface area contributed by atoms with Gasteiger partial charge >= 0.3 is 0 Å². The van der Waals surface area contributed by atoms with Gasteiger partial charge in [0.1, 0.15) is 17.4 Å². The highest BCUT2D eigenvalue weighted by molar-refractivity contribution is 6.31. The molecule has 2 aromatic carbocycles. The van der Waals surface area contributed by atoms with Crippen LogP contribution < -0.4 is 5.32 Å². The number of halogens is 1. The van der Waals surface area contributed by atoms with E-state index in [0.29, 0.717) is 16.3 Å². The van der Waals surface area contributed by atoms with Gasteiger partial charge in [0.15, 0.2) is 0 Å². The monoisotopic (exact) mass is 312 g/mol. The van der Waals surface area contributed by atoms with Gasteiger partial charge in [0.25, 0.3) is 5.91 Å². The van der Waals surface area contributed by atoms with Crippen LogP contribution in [0.25, 0.3) is 6.08 Å². The molecule has 0 saturated heterocycles. The zero-order valence-corrected chi connectivity index (χ0v) is 12.6. The Kier molecular flexibility index (Phi) is 4.82. The molecular weight excluding hydrogens is 300 g/mol. The van der Waals surface area contributed by atoms with Gasteiger partial charge in [-0.1, -0.05) is 29.8 Å². The molecule has 0 fully saturated rings. The lowest BCUT2D eigenvalue weighted by atomic mass is 10.1. The number of hydrogen-bond donors (Lipinski definition) is 2. The standard InChI is InChI=1S/C17H13ClN2O2/c1-11-5-6-14(18)9-16(11)20-17(22)13(10-19)7-12-3-2-4-15(21)8-12/h2-9,21H,1H3,(H,20,22)/b13-7+. The van der Waals surface area contributed by atoms with Crippen molar-refractivity contribution in [2.75, 3.05) is 5.32 Å². The summed E-state index contributed by atoms with van der Waals surface area (Å²) in [6.07, 6.45) is 1.41. The molecule has 0 heterocycles. The van der Waals surface area contributed by atoms with Crippen molar-refractivity contribution >= 4 is 29.3 Å². The fourth-order valence-corrected chi connectivity index (χ4v) is 2.02. The van der Waals surface area contributed by atoms with E-state index in [1.165, 1.54) is 18.2 Å². The molecule has 2 aromatic rings. The molecular formula is C17H13ClN2O2. The molecule has 0 radical (unpaired) electrons. The van der Waals surface area contributed by atoms with E-state index in [-0.39, 0.29) is 11.3 Å². The molecule has 0 aromatic heterocycles. The first-order chi connectivity index (χ1) is 10.5. The largest absolute Gasteiger partial charge is 0.508 e. The molecule has 5 heteroatoms. The Morgan fingerprint density at radius 1 is 1.32 bits per heavy atom. The molecule has 1 amide bonds. The summed E-state index contributed by atoms with van der Waals surface area (Å²) in [6, 6.07) is 13.3. The topological polar surface area (TPSA) is 73.1 Å². The van der Waals surface area contributed by atoms with E-state index in [2.05, 4.69) is 5.32 Å². The van der Waals surface area contributed by atoms with Crippen molar-refractivity contribution in [2.45, 2.75) is 6.92 Å². The summed E-state index contributed by atoms with van der Waals surface area (Å²) in [4.78, 5) is 12.2. The Morgan fingerprint density at radius 2 is 2.09 bits per heavy atom. The Labute approximate surface area is 133 Å². The highest BCUT2D eigenvalue weighted by atomic mass is 35.5. The van der Waals surface area contributed by atoms with Gasteiger partial charge in [0.05, 0.1) is 0 Å². The SMILES string of the molecule is Cc1ccc(Cl)cc1NC(=O)/C(C#N)=C/c1cccc(O)c1. The van der Waals surface area contributed by atoms with Gasteiger partial charge in [-0.3, -0.25) is 4.79 Å². The third-order valence-corrected chi connectivity index (χ3v) is 3.23. The van der Waals surface area contributed by atoms with Crippen LogP contribution in [0.3, 0.4) is 0 Å². The predicted octanol–water partition coefficient (Wildman–Crippen LogP) is 3.90. The van der Waals surface area contributed by atoms with Crippen molar-refractivity contribution in [1.29, 1.82) is 5.26 Å². The number of aromatic hydroxyl groups is 1. The number of nitriles is 1. The van der Waals surface area contributed by atoms with Crippen LogP contribution in [0.4, 0.5) is 5.69 Å². The number of anilines is 1. The maximum atomic E-state index is 12.2. The zero-order valence-electron chi connectivity index (χ0n) is 11.8. The normalized spacial score (nSPS) is 10.9. The molecule has 0 unspecified atom stereocenters. The third-order valence-electron chi connectivity index (χ3n) is 2.99. The summed E-state index contributed by atoms with van der Waals surface area (Å²) in [5.74, 6) is -0.464. The first-order valence-corrected chi connectivity index (χ1v) is 6.86. The lowest BCUT2D eigenvalue weighted by Crippen LogP contribution is -2.14. The molecule has 0 aliphatic carbocycles. The Bertz CT molecular complexity index is 791. The minimum absolute atomic E-state index is 0.0648. The molecule has 0 aliphatic rings. The number of carbonyl (C=O) groups excluding carboxylic acids is 1. The second kappa shape index (κ2) is 6.79. The fourth-order valence-electron chi connectivity index (χ4n) is 1.85. The van der Waals surface area contributed by atoms with Crippen molar-refractivity contribution in [2.24, 2.45) is 0 Å². The second-order valence-electron chi connectivity index (χ2n) is 4.68. The summed E-state index contributed by atoms with van der Waals surface area (Å²) in [6.45, 7) is 1.83. The molecule has 2 rings (SSSR count). The summed E-state index contributed by atoms with van der Waals surface area (Å²) in [5, 5.41) is 21.7. The molecule has 0 atom stereocenters. The molecule has 4 nitrogen and oxygen atoms in total. The smallest absolute Gasteiger partial charge is 0.266 e. The number of amides is 1. The summed E-state index contributed by atoms with van der Waals surface area (Å²) in [5.41, 5.74) is 1.89. The first-order valence-electron chi connectivity index (χ1n) is 6.48. The van der Waals surface area contributed by atoms with Gasteiger partial charge in [-0.2, -0.15) is 5.26 Å². The quantitative estimate of drug-likeness (QED) is 0.667. The van der Waals surface area contributed by atoms with Crippen LogP contribution in [0.5, 0.6) is 5.75 Å². The number of aryl methyl sites for hydroxylation is 1. The number of rotatable bonds is 3. The number of hydrogen-bond acceptors (Lipinski definition) is 3. The van der Waals surface area contributed by atoms with Crippen LogP contribution in [0.1, 0.15) is 11.1 Å². The lowest BCUT2D eigenvalue weighted by molar-refractivity contribution is -0.112. The average Bonchev–Trinajstić information content (AvgIpc) is 2.48. The van der Waals surface area contributed by atoms with Crippen LogP contribution in [0, 0.1) is 18.3 Å². The number of benzene rings is 2. The maximum absolute atomic E-state index is 12.2. The summed E-state index contributed by atoms with van der Waals surface area (Å²) >= 11 is 5.90. The highest BCUT2D eigenvalue weighted by Gasteiger charge is 2.11. The van der Waals surface area contributed by atoms with Crippen molar-refractivity contribution in [3.63, 3.8) is 0 Å². The molecule has 0 aliphatic heterocycles. The van der Waals surface area contributed by atoms with E-state index in [4.69, 9.17) is 16.9 Å². The van der Waals surface area contributed by atoms with Crippen LogP contribution >= 0.6 is 11.6 Å². The predicted molar refractivity (Wildman–Crippen MR) is 86.5 cm³/mol. The number of phenolic OH excluding ortho intramolecular Hbond substituents is 1.